The highest BCUT2D eigenvalue weighted by molar-refractivity contribution is 9.10. The van der Waals surface area contributed by atoms with Crippen molar-refractivity contribution in [1.82, 2.24) is 15.0 Å². The minimum atomic E-state index is 0.426. The molecule has 0 unspecified atom stereocenters. The Labute approximate surface area is 113 Å². The van der Waals surface area contributed by atoms with Crippen molar-refractivity contribution in [2.45, 2.75) is 20.3 Å². The molecule has 0 aliphatic rings. The molecule has 0 atom stereocenters. The molecule has 5 heteroatoms. The van der Waals surface area contributed by atoms with E-state index in [-0.39, 0.29) is 0 Å². The summed E-state index contributed by atoms with van der Waals surface area (Å²) in [5, 5.41) is 0.426. The molecule has 0 amide bonds. The first-order valence-electron chi connectivity index (χ1n) is 5.26. The summed E-state index contributed by atoms with van der Waals surface area (Å²) in [4.78, 5) is 13.0. The molecule has 0 aliphatic carbocycles. The summed E-state index contributed by atoms with van der Waals surface area (Å²) in [5.74, 6) is 0.568. The molecule has 0 aliphatic heterocycles. The van der Waals surface area contributed by atoms with Crippen LogP contribution in [-0.4, -0.2) is 15.0 Å². The average molecular weight is 313 g/mol. The lowest BCUT2D eigenvalue weighted by molar-refractivity contribution is 0.983. The van der Waals surface area contributed by atoms with Crippen molar-refractivity contribution in [3.63, 3.8) is 0 Å². The number of nitrogens with zero attached hydrogens (tertiary/aromatic N) is 3. The molecular formula is C12H11BrClN3. The molecule has 17 heavy (non-hydrogen) atoms. The van der Waals surface area contributed by atoms with E-state index in [0.717, 1.165) is 27.8 Å². The average Bonchev–Trinajstić information content (AvgIpc) is 2.32. The summed E-state index contributed by atoms with van der Waals surface area (Å²) < 4.78 is 0.762. The first kappa shape index (κ1) is 12.5. The van der Waals surface area contributed by atoms with E-state index in [1.54, 1.807) is 6.20 Å². The molecule has 0 spiro atoms. The minimum Gasteiger partial charge on any atom is -0.253 e. The van der Waals surface area contributed by atoms with Crippen molar-refractivity contribution in [2.24, 2.45) is 0 Å². The van der Waals surface area contributed by atoms with Gasteiger partial charge in [-0.15, -0.1) is 0 Å². The summed E-state index contributed by atoms with van der Waals surface area (Å²) in [7, 11) is 0. The van der Waals surface area contributed by atoms with Crippen LogP contribution in [0.3, 0.4) is 0 Å². The summed E-state index contributed by atoms with van der Waals surface area (Å²) in [6, 6.07) is 3.88. The van der Waals surface area contributed by atoms with Crippen LogP contribution in [0.5, 0.6) is 0 Å². The Morgan fingerprint density at radius 3 is 2.76 bits per heavy atom. The van der Waals surface area contributed by atoms with E-state index in [0.29, 0.717) is 11.0 Å². The SMILES string of the molecule is CCc1nc(-c2cc(C)ccn2)nc(Cl)c1Br. The molecule has 2 heterocycles. The fraction of sp³-hybridized carbons (Fsp3) is 0.250. The second kappa shape index (κ2) is 5.10. The maximum atomic E-state index is 6.06. The standard InChI is InChI=1S/C12H11BrClN3/c1-3-8-10(13)11(14)17-12(16-8)9-6-7(2)4-5-15-9/h4-6H,3H2,1-2H3. The third-order valence-electron chi connectivity index (χ3n) is 2.36. The van der Waals surface area contributed by atoms with Crippen LogP contribution < -0.4 is 0 Å². The lowest BCUT2D eigenvalue weighted by Gasteiger charge is -2.06. The number of rotatable bonds is 2. The molecule has 0 saturated carbocycles. The predicted molar refractivity (Wildman–Crippen MR) is 72.1 cm³/mol. The molecule has 0 N–H and O–H groups in total. The fourth-order valence-corrected chi connectivity index (χ4v) is 2.12. The van der Waals surface area contributed by atoms with Gasteiger partial charge in [-0.05, 0) is 47.0 Å². The molecule has 0 radical (unpaired) electrons. The van der Waals surface area contributed by atoms with Crippen molar-refractivity contribution in [3.05, 3.63) is 39.2 Å². The number of halogens is 2. The van der Waals surface area contributed by atoms with Gasteiger partial charge in [0.1, 0.15) is 10.8 Å². The van der Waals surface area contributed by atoms with E-state index in [9.17, 15) is 0 Å². The van der Waals surface area contributed by atoms with Crippen LogP contribution in [0.25, 0.3) is 11.5 Å². The first-order chi connectivity index (χ1) is 8.11. The summed E-state index contributed by atoms with van der Waals surface area (Å²) in [6.45, 7) is 4.03. The van der Waals surface area contributed by atoms with Gasteiger partial charge in [0.25, 0.3) is 0 Å². The topological polar surface area (TPSA) is 38.7 Å². The van der Waals surface area contributed by atoms with Crippen molar-refractivity contribution < 1.29 is 0 Å². The Morgan fingerprint density at radius 1 is 1.35 bits per heavy atom. The molecule has 0 saturated heterocycles. The van der Waals surface area contributed by atoms with Gasteiger partial charge in [0.05, 0.1) is 10.2 Å². The molecule has 2 aromatic rings. The number of hydrogen-bond donors (Lipinski definition) is 0. The lowest BCUT2D eigenvalue weighted by Crippen LogP contribution is -1.98. The van der Waals surface area contributed by atoms with Crippen molar-refractivity contribution in [1.29, 1.82) is 0 Å². The van der Waals surface area contributed by atoms with Gasteiger partial charge in [0.15, 0.2) is 5.82 Å². The monoisotopic (exact) mass is 311 g/mol. The van der Waals surface area contributed by atoms with Gasteiger partial charge in [0.2, 0.25) is 0 Å². The zero-order chi connectivity index (χ0) is 12.4. The van der Waals surface area contributed by atoms with E-state index in [1.807, 2.05) is 26.0 Å². The van der Waals surface area contributed by atoms with E-state index < -0.39 is 0 Å². The Morgan fingerprint density at radius 2 is 2.12 bits per heavy atom. The third-order valence-corrected chi connectivity index (χ3v) is 3.69. The second-order valence-electron chi connectivity index (χ2n) is 3.67. The first-order valence-corrected chi connectivity index (χ1v) is 6.44. The predicted octanol–water partition coefficient (Wildman–Crippen LogP) is 3.83. The van der Waals surface area contributed by atoms with Crippen LogP contribution in [0, 0.1) is 6.92 Å². The van der Waals surface area contributed by atoms with E-state index in [1.165, 1.54) is 0 Å². The quantitative estimate of drug-likeness (QED) is 0.791. The van der Waals surface area contributed by atoms with Crippen molar-refractivity contribution in [2.75, 3.05) is 0 Å². The molecular weight excluding hydrogens is 302 g/mol. The lowest BCUT2D eigenvalue weighted by atomic mass is 10.2. The maximum Gasteiger partial charge on any atom is 0.179 e. The molecule has 2 rings (SSSR count). The van der Waals surface area contributed by atoms with Gasteiger partial charge in [0, 0.05) is 6.20 Å². The summed E-state index contributed by atoms with van der Waals surface area (Å²) in [6.07, 6.45) is 2.54. The highest BCUT2D eigenvalue weighted by atomic mass is 79.9. The van der Waals surface area contributed by atoms with Gasteiger partial charge in [-0.3, -0.25) is 4.98 Å². The van der Waals surface area contributed by atoms with Gasteiger partial charge in [-0.2, -0.15) is 0 Å². The number of aryl methyl sites for hydroxylation is 2. The van der Waals surface area contributed by atoms with E-state index in [2.05, 4.69) is 30.9 Å². The molecule has 0 aromatic carbocycles. The van der Waals surface area contributed by atoms with Gasteiger partial charge in [-0.1, -0.05) is 18.5 Å². The Balaban J connectivity index is 2.56. The molecule has 2 aromatic heterocycles. The van der Waals surface area contributed by atoms with Crippen LogP contribution in [0.2, 0.25) is 5.15 Å². The van der Waals surface area contributed by atoms with Gasteiger partial charge in [-0.25, -0.2) is 9.97 Å². The Bertz CT molecular complexity index is 557. The van der Waals surface area contributed by atoms with E-state index >= 15 is 0 Å². The second-order valence-corrected chi connectivity index (χ2v) is 4.82. The van der Waals surface area contributed by atoms with Crippen LogP contribution in [-0.2, 0) is 6.42 Å². The summed E-state index contributed by atoms with van der Waals surface area (Å²) >= 11 is 9.45. The van der Waals surface area contributed by atoms with E-state index in [4.69, 9.17) is 11.6 Å². The molecule has 3 nitrogen and oxygen atoms in total. The Hall–Kier alpha value is -1.00. The zero-order valence-corrected chi connectivity index (χ0v) is 11.9. The zero-order valence-electron chi connectivity index (χ0n) is 9.54. The highest BCUT2D eigenvalue weighted by Gasteiger charge is 2.11. The summed E-state index contributed by atoms with van der Waals surface area (Å²) in [5.41, 5.74) is 2.76. The van der Waals surface area contributed by atoms with Crippen LogP contribution in [0.1, 0.15) is 18.2 Å². The number of hydrogen-bond acceptors (Lipinski definition) is 3. The molecule has 0 fully saturated rings. The smallest absolute Gasteiger partial charge is 0.179 e. The number of pyridine rings is 1. The van der Waals surface area contributed by atoms with Crippen molar-refractivity contribution in [3.8, 4) is 11.5 Å². The fourth-order valence-electron chi connectivity index (χ4n) is 1.47. The van der Waals surface area contributed by atoms with Crippen LogP contribution in [0.4, 0.5) is 0 Å². The largest absolute Gasteiger partial charge is 0.253 e. The van der Waals surface area contributed by atoms with Crippen LogP contribution in [0.15, 0.2) is 22.8 Å². The van der Waals surface area contributed by atoms with Gasteiger partial charge < -0.3 is 0 Å². The van der Waals surface area contributed by atoms with Crippen molar-refractivity contribution >= 4 is 27.5 Å². The number of aromatic nitrogens is 3. The normalized spacial score (nSPS) is 10.6. The van der Waals surface area contributed by atoms with Gasteiger partial charge >= 0.3 is 0 Å². The molecule has 0 bridgehead atoms. The minimum absolute atomic E-state index is 0.426. The van der Waals surface area contributed by atoms with Crippen LogP contribution >= 0.6 is 27.5 Å². The molecule has 88 valence electrons. The maximum absolute atomic E-state index is 6.06. The highest BCUT2D eigenvalue weighted by Crippen LogP contribution is 2.26. The Kier molecular flexibility index (Phi) is 3.74. The third kappa shape index (κ3) is 2.64.